The third kappa shape index (κ3) is 16.5. The number of ether oxygens (including phenoxy) is 2. The number of rotatable bonds is 16. The fourth-order valence-corrected chi connectivity index (χ4v) is 3.05. The first kappa shape index (κ1) is 29.8. The third-order valence-electron chi connectivity index (χ3n) is 3.99. The number of unbranched alkanes of at least 4 members (excludes halogenated alkanes) is 8. The second kappa shape index (κ2) is 18.6. The van der Waals surface area contributed by atoms with Crippen LogP contribution in [0.2, 0.25) is 0 Å². The molecular weight excluding hydrogens is 395 g/mol. The Labute approximate surface area is 191 Å². The molecule has 0 fully saturated rings. The van der Waals surface area contributed by atoms with Crippen LogP contribution < -0.4 is 29.6 Å². The van der Waals surface area contributed by atoms with Crippen molar-refractivity contribution in [3.8, 4) is 0 Å². The van der Waals surface area contributed by atoms with Crippen molar-refractivity contribution in [1.29, 1.82) is 0 Å². The molecule has 0 aromatic carbocycles. The van der Waals surface area contributed by atoms with Crippen molar-refractivity contribution >= 4 is 22.1 Å². The van der Waals surface area contributed by atoms with Gasteiger partial charge in [0.1, 0.15) is 10.1 Å². The molecule has 0 radical (unpaired) electrons. The van der Waals surface area contributed by atoms with Gasteiger partial charge in [0, 0.05) is 0 Å². The molecule has 0 spiro atoms. The molecular formula is C19H33NaO7S. The monoisotopic (exact) mass is 428 g/mol. The van der Waals surface area contributed by atoms with Gasteiger partial charge in [-0.25, -0.2) is 8.42 Å². The number of hydrogen-bond donors (Lipinski definition) is 0. The fraction of sp³-hybridized carbons (Fsp3) is 0.789. The number of hydrogen-bond acceptors (Lipinski definition) is 7. The summed E-state index contributed by atoms with van der Waals surface area (Å²) in [5.74, 6) is -2.16. The van der Waals surface area contributed by atoms with Gasteiger partial charge in [-0.15, -0.1) is 0 Å². The molecule has 0 amide bonds. The average Bonchev–Trinajstić information content (AvgIpc) is 2.60. The Hall–Kier alpha value is -0.410. The summed E-state index contributed by atoms with van der Waals surface area (Å²) < 4.78 is 43.2. The van der Waals surface area contributed by atoms with Gasteiger partial charge in [0.25, 0.3) is 0 Å². The Morgan fingerprint density at radius 3 is 2.00 bits per heavy atom. The van der Waals surface area contributed by atoms with Gasteiger partial charge in [0.05, 0.1) is 19.3 Å². The van der Waals surface area contributed by atoms with Crippen molar-refractivity contribution in [3.05, 3.63) is 12.3 Å². The van der Waals surface area contributed by atoms with Gasteiger partial charge < -0.3 is 14.0 Å². The van der Waals surface area contributed by atoms with Crippen molar-refractivity contribution in [2.24, 2.45) is 0 Å². The van der Waals surface area contributed by atoms with E-state index in [0.29, 0.717) is 12.8 Å². The Morgan fingerprint density at radius 1 is 0.964 bits per heavy atom. The summed E-state index contributed by atoms with van der Waals surface area (Å²) in [5, 5.41) is -2.07. The van der Waals surface area contributed by atoms with Crippen LogP contribution in [0.25, 0.3) is 0 Å². The van der Waals surface area contributed by atoms with E-state index in [-0.39, 0.29) is 36.2 Å². The average molecular weight is 429 g/mol. The molecule has 0 rings (SSSR count). The van der Waals surface area contributed by atoms with E-state index in [4.69, 9.17) is 4.74 Å². The molecule has 0 saturated heterocycles. The van der Waals surface area contributed by atoms with Gasteiger partial charge in [-0.1, -0.05) is 65.2 Å². The van der Waals surface area contributed by atoms with Crippen LogP contribution in [-0.2, 0) is 29.2 Å². The molecule has 0 heterocycles. The SMILES string of the molecule is CC/C=C/OC(=O)CC(C(=O)OCCCCCCCCCCC)S(=O)(=O)[O-].[Na+]. The molecule has 0 aromatic heterocycles. The maximum absolute atomic E-state index is 11.9. The number of carbonyl (C=O) groups is 2. The molecule has 1 atom stereocenters. The van der Waals surface area contributed by atoms with Gasteiger partial charge in [-0.3, -0.25) is 9.59 Å². The van der Waals surface area contributed by atoms with Crippen molar-refractivity contribution in [2.75, 3.05) is 6.61 Å². The van der Waals surface area contributed by atoms with Crippen LogP contribution in [0.5, 0.6) is 0 Å². The summed E-state index contributed by atoms with van der Waals surface area (Å²) >= 11 is 0. The zero-order valence-electron chi connectivity index (χ0n) is 17.5. The van der Waals surface area contributed by atoms with E-state index < -0.39 is 33.7 Å². The maximum atomic E-state index is 11.9. The molecule has 0 saturated carbocycles. The number of carbonyl (C=O) groups excluding carboxylic acids is 2. The minimum absolute atomic E-state index is 0. The topological polar surface area (TPSA) is 110 Å². The molecule has 9 heteroatoms. The van der Waals surface area contributed by atoms with Gasteiger partial charge in [-0.05, 0) is 18.9 Å². The van der Waals surface area contributed by atoms with Crippen LogP contribution in [0.4, 0.5) is 0 Å². The molecule has 0 N–H and O–H groups in total. The Balaban J connectivity index is 0. The van der Waals surface area contributed by atoms with Crippen molar-refractivity contribution in [2.45, 2.75) is 89.7 Å². The quantitative estimate of drug-likeness (QED) is 0.118. The van der Waals surface area contributed by atoms with Crippen LogP contribution in [0.15, 0.2) is 12.3 Å². The minimum atomic E-state index is -5.00. The summed E-state index contributed by atoms with van der Waals surface area (Å²) in [6, 6.07) is 0. The summed E-state index contributed by atoms with van der Waals surface area (Å²) in [7, 11) is -5.00. The maximum Gasteiger partial charge on any atom is 1.00 e. The van der Waals surface area contributed by atoms with Crippen molar-refractivity contribution in [1.82, 2.24) is 0 Å². The van der Waals surface area contributed by atoms with E-state index in [1.54, 1.807) is 6.08 Å². The third-order valence-corrected chi connectivity index (χ3v) is 5.04. The first-order valence-electron chi connectivity index (χ1n) is 9.78. The largest absolute Gasteiger partial charge is 1.00 e. The van der Waals surface area contributed by atoms with Crippen molar-refractivity contribution in [3.63, 3.8) is 0 Å². The molecule has 0 aliphatic carbocycles. The van der Waals surface area contributed by atoms with Crippen LogP contribution in [0.1, 0.15) is 84.5 Å². The van der Waals surface area contributed by atoms with Crippen LogP contribution >= 0.6 is 0 Å². The van der Waals surface area contributed by atoms with E-state index in [1.165, 1.54) is 32.1 Å². The summed E-state index contributed by atoms with van der Waals surface area (Å²) in [4.78, 5) is 23.4. The summed E-state index contributed by atoms with van der Waals surface area (Å²) in [5.41, 5.74) is 0. The molecule has 0 aliphatic heterocycles. The number of allylic oxidation sites excluding steroid dienone is 1. The minimum Gasteiger partial charge on any atom is -0.747 e. The zero-order chi connectivity index (χ0) is 20.5. The smallest absolute Gasteiger partial charge is 0.747 e. The van der Waals surface area contributed by atoms with Crippen LogP contribution in [0, 0.1) is 0 Å². The first-order valence-corrected chi connectivity index (χ1v) is 11.3. The fourth-order valence-electron chi connectivity index (χ4n) is 2.40. The molecule has 158 valence electrons. The Bertz CT molecular complexity index is 546. The molecule has 0 aromatic rings. The van der Waals surface area contributed by atoms with E-state index in [1.807, 2.05) is 6.92 Å². The van der Waals surface area contributed by atoms with Crippen LogP contribution in [-0.4, -0.2) is 36.8 Å². The predicted octanol–water partition coefficient (Wildman–Crippen LogP) is 0.835. The molecule has 28 heavy (non-hydrogen) atoms. The second-order valence-electron chi connectivity index (χ2n) is 6.45. The Morgan fingerprint density at radius 2 is 1.50 bits per heavy atom. The van der Waals surface area contributed by atoms with Crippen LogP contribution in [0.3, 0.4) is 0 Å². The molecule has 0 aliphatic rings. The summed E-state index contributed by atoms with van der Waals surface area (Å²) in [6.07, 6.45) is 12.2. The second-order valence-corrected chi connectivity index (χ2v) is 8.01. The normalized spacial score (nSPS) is 12.4. The number of esters is 2. The van der Waals surface area contributed by atoms with Gasteiger partial charge in [0.2, 0.25) is 0 Å². The van der Waals surface area contributed by atoms with E-state index in [9.17, 15) is 22.6 Å². The zero-order valence-corrected chi connectivity index (χ0v) is 20.3. The first-order chi connectivity index (χ1) is 12.8. The van der Waals surface area contributed by atoms with Gasteiger partial charge >= 0.3 is 41.5 Å². The van der Waals surface area contributed by atoms with Gasteiger partial charge in [0.15, 0.2) is 5.25 Å². The predicted molar refractivity (Wildman–Crippen MR) is 102 cm³/mol. The Kier molecular flexibility index (Phi) is 19.8. The van der Waals surface area contributed by atoms with E-state index >= 15 is 0 Å². The van der Waals surface area contributed by atoms with Crippen molar-refractivity contribution < 1.29 is 61.6 Å². The van der Waals surface area contributed by atoms with E-state index in [0.717, 1.165) is 25.5 Å². The van der Waals surface area contributed by atoms with Gasteiger partial charge in [-0.2, -0.15) is 0 Å². The standard InChI is InChI=1S/C19H34O7S.Na/c1-3-5-7-8-9-10-11-12-13-15-26-19(21)17(27(22,23)24)16-18(20)25-14-6-4-2;/h6,14,17H,3-5,7-13,15-16H2,1-2H3,(H,22,23,24);/q;+1/p-1/b14-6+;. The van der Waals surface area contributed by atoms with E-state index in [2.05, 4.69) is 11.7 Å². The molecule has 7 nitrogen and oxygen atoms in total. The molecule has 1 unspecified atom stereocenters. The summed E-state index contributed by atoms with van der Waals surface area (Å²) in [6.45, 7) is 4.03. The molecule has 0 bridgehead atoms.